The maximum atomic E-state index is 11.0. The molecule has 1 aliphatic heterocycles. The molecule has 2 rings (SSSR count). The van der Waals surface area contributed by atoms with Crippen LogP contribution >= 0.6 is 11.3 Å². The molecule has 0 radical (unpaired) electrons. The van der Waals surface area contributed by atoms with Gasteiger partial charge in [-0.25, -0.2) is 13.4 Å². The van der Waals surface area contributed by atoms with E-state index < -0.39 is 16.1 Å². The van der Waals surface area contributed by atoms with E-state index in [9.17, 15) is 8.42 Å². The van der Waals surface area contributed by atoms with Gasteiger partial charge in [0.1, 0.15) is 5.01 Å². The number of hydrogen-bond donors (Lipinski definition) is 0. The second kappa shape index (κ2) is 4.17. The maximum Gasteiger partial charge on any atom is 0.211 e. The summed E-state index contributed by atoms with van der Waals surface area (Å²) in [6, 6.07) is 0. The summed E-state index contributed by atoms with van der Waals surface area (Å²) < 4.78 is 32.6. The van der Waals surface area contributed by atoms with Crippen LogP contribution in [0.2, 0.25) is 0 Å². The largest absolute Gasteiger partial charge is 0.344 e. The van der Waals surface area contributed by atoms with Crippen molar-refractivity contribution in [2.45, 2.75) is 12.0 Å². The molecule has 0 bridgehead atoms. The van der Waals surface area contributed by atoms with E-state index in [1.165, 1.54) is 17.6 Å². The SMILES string of the molecule is CS(=O)(=O)Cc1cnc(C2OCCO2)s1. The standard InChI is InChI=1S/C8H11NO4S2/c1-15(10,11)5-6-4-9-7(14-6)8-12-2-3-13-8/h4,8H,2-3,5H2,1H3. The van der Waals surface area contributed by atoms with Crippen LogP contribution in [0.25, 0.3) is 0 Å². The van der Waals surface area contributed by atoms with E-state index in [1.807, 2.05) is 0 Å². The van der Waals surface area contributed by atoms with Gasteiger partial charge < -0.3 is 9.47 Å². The van der Waals surface area contributed by atoms with Gasteiger partial charge in [0.2, 0.25) is 6.29 Å². The lowest BCUT2D eigenvalue weighted by atomic mass is 10.6. The van der Waals surface area contributed by atoms with Gasteiger partial charge in [0.15, 0.2) is 9.84 Å². The zero-order valence-corrected chi connectivity index (χ0v) is 9.81. The Balaban J connectivity index is 2.10. The summed E-state index contributed by atoms with van der Waals surface area (Å²) >= 11 is 1.32. The molecular formula is C8H11NO4S2. The Morgan fingerprint density at radius 2 is 2.20 bits per heavy atom. The molecule has 0 atom stereocenters. The van der Waals surface area contributed by atoms with Gasteiger partial charge in [0.25, 0.3) is 0 Å². The predicted molar refractivity (Wildman–Crippen MR) is 55.3 cm³/mol. The van der Waals surface area contributed by atoms with E-state index in [1.54, 1.807) is 6.20 Å². The lowest BCUT2D eigenvalue weighted by Crippen LogP contribution is -1.98. The molecule has 84 valence electrons. The van der Waals surface area contributed by atoms with Gasteiger partial charge in [-0.1, -0.05) is 0 Å². The highest BCUT2D eigenvalue weighted by Gasteiger charge is 2.22. The summed E-state index contributed by atoms with van der Waals surface area (Å²) in [6.07, 6.45) is 2.35. The summed E-state index contributed by atoms with van der Waals surface area (Å²) in [5.41, 5.74) is 0. The molecule has 5 nitrogen and oxygen atoms in total. The number of thiazole rings is 1. The lowest BCUT2D eigenvalue weighted by molar-refractivity contribution is -0.0442. The van der Waals surface area contributed by atoms with Gasteiger partial charge in [0, 0.05) is 17.3 Å². The Labute approximate surface area is 92.0 Å². The van der Waals surface area contributed by atoms with Crippen LogP contribution in [0.1, 0.15) is 16.2 Å². The number of sulfone groups is 1. The Kier molecular flexibility index (Phi) is 3.06. The van der Waals surface area contributed by atoms with Gasteiger partial charge in [-0.3, -0.25) is 0 Å². The molecule has 0 N–H and O–H groups in total. The summed E-state index contributed by atoms with van der Waals surface area (Å²) in [7, 11) is -3.00. The fourth-order valence-electron chi connectivity index (χ4n) is 1.26. The van der Waals surface area contributed by atoms with Crippen LogP contribution in [0.15, 0.2) is 6.20 Å². The third-order valence-electron chi connectivity index (χ3n) is 1.80. The van der Waals surface area contributed by atoms with Crippen molar-refractivity contribution in [3.05, 3.63) is 16.1 Å². The van der Waals surface area contributed by atoms with Crippen molar-refractivity contribution in [1.82, 2.24) is 4.98 Å². The first-order chi connectivity index (χ1) is 7.04. The van der Waals surface area contributed by atoms with Crippen molar-refractivity contribution < 1.29 is 17.9 Å². The second-order valence-corrected chi connectivity index (χ2v) is 6.60. The zero-order valence-electron chi connectivity index (χ0n) is 8.17. The fraction of sp³-hybridized carbons (Fsp3) is 0.625. The van der Waals surface area contributed by atoms with Crippen LogP contribution in [0.3, 0.4) is 0 Å². The van der Waals surface area contributed by atoms with E-state index in [0.717, 1.165) is 0 Å². The molecule has 0 spiro atoms. The van der Waals surface area contributed by atoms with Crippen LogP contribution in [0.5, 0.6) is 0 Å². The molecule has 1 aliphatic rings. The summed E-state index contributed by atoms with van der Waals surface area (Å²) in [5, 5.41) is 0.686. The summed E-state index contributed by atoms with van der Waals surface area (Å²) in [4.78, 5) is 4.80. The first kappa shape index (κ1) is 11.0. The Morgan fingerprint density at radius 3 is 2.80 bits per heavy atom. The third-order valence-corrected chi connectivity index (χ3v) is 3.84. The van der Waals surface area contributed by atoms with Crippen molar-refractivity contribution >= 4 is 21.2 Å². The van der Waals surface area contributed by atoms with Crippen LogP contribution in [-0.4, -0.2) is 32.9 Å². The molecule has 1 saturated heterocycles. The number of rotatable bonds is 3. The highest BCUT2D eigenvalue weighted by Crippen LogP contribution is 2.27. The van der Waals surface area contributed by atoms with Gasteiger partial charge in [-0.2, -0.15) is 0 Å². The first-order valence-electron chi connectivity index (χ1n) is 4.40. The van der Waals surface area contributed by atoms with Crippen LogP contribution < -0.4 is 0 Å². The summed E-state index contributed by atoms with van der Waals surface area (Å²) in [6.45, 7) is 1.12. The zero-order chi connectivity index (χ0) is 10.9. The Bertz CT molecular complexity index is 433. The summed E-state index contributed by atoms with van der Waals surface area (Å²) in [5.74, 6) is 0.0252. The molecule has 0 unspecified atom stereocenters. The van der Waals surface area contributed by atoms with Crippen LogP contribution in [-0.2, 0) is 25.1 Å². The van der Waals surface area contributed by atoms with E-state index >= 15 is 0 Å². The molecule has 1 aromatic heterocycles. The van der Waals surface area contributed by atoms with Crippen LogP contribution in [0.4, 0.5) is 0 Å². The monoisotopic (exact) mass is 249 g/mol. The van der Waals surface area contributed by atoms with Crippen molar-refractivity contribution in [3.63, 3.8) is 0 Å². The van der Waals surface area contributed by atoms with Gasteiger partial charge >= 0.3 is 0 Å². The number of aromatic nitrogens is 1. The molecule has 0 saturated carbocycles. The van der Waals surface area contributed by atoms with Crippen molar-refractivity contribution in [1.29, 1.82) is 0 Å². The third kappa shape index (κ3) is 2.97. The van der Waals surface area contributed by atoms with Crippen molar-refractivity contribution in [2.75, 3.05) is 19.5 Å². The normalized spacial score (nSPS) is 18.5. The molecule has 1 fully saturated rings. The fourth-order valence-corrected chi connectivity index (χ4v) is 3.44. The Hall–Kier alpha value is -0.500. The van der Waals surface area contributed by atoms with E-state index in [2.05, 4.69) is 4.98 Å². The van der Waals surface area contributed by atoms with Crippen molar-refractivity contribution in [2.24, 2.45) is 0 Å². The first-order valence-corrected chi connectivity index (χ1v) is 7.28. The second-order valence-electron chi connectivity index (χ2n) is 3.31. The Morgan fingerprint density at radius 1 is 1.53 bits per heavy atom. The molecular weight excluding hydrogens is 238 g/mol. The smallest absolute Gasteiger partial charge is 0.211 e. The topological polar surface area (TPSA) is 65.5 Å². The van der Waals surface area contributed by atoms with E-state index in [-0.39, 0.29) is 5.75 Å². The number of nitrogens with zero attached hydrogens (tertiary/aromatic N) is 1. The van der Waals surface area contributed by atoms with Crippen molar-refractivity contribution in [3.8, 4) is 0 Å². The molecule has 0 amide bonds. The van der Waals surface area contributed by atoms with E-state index in [0.29, 0.717) is 23.1 Å². The van der Waals surface area contributed by atoms with E-state index in [4.69, 9.17) is 9.47 Å². The number of hydrogen-bond acceptors (Lipinski definition) is 6. The van der Waals surface area contributed by atoms with Gasteiger partial charge in [0.05, 0.1) is 19.0 Å². The average molecular weight is 249 g/mol. The minimum atomic E-state index is -3.00. The quantitative estimate of drug-likeness (QED) is 0.790. The highest BCUT2D eigenvalue weighted by molar-refractivity contribution is 7.90. The molecule has 2 heterocycles. The molecule has 0 aromatic carbocycles. The molecule has 15 heavy (non-hydrogen) atoms. The van der Waals surface area contributed by atoms with Gasteiger partial charge in [-0.05, 0) is 0 Å². The minimum Gasteiger partial charge on any atom is -0.344 e. The average Bonchev–Trinajstić information content (AvgIpc) is 2.68. The number of ether oxygens (including phenoxy) is 2. The predicted octanol–water partition coefficient (Wildman–Crippen LogP) is 0.733. The van der Waals surface area contributed by atoms with Gasteiger partial charge in [-0.15, -0.1) is 11.3 Å². The maximum absolute atomic E-state index is 11.0. The lowest BCUT2D eigenvalue weighted by Gasteiger charge is -2.02. The minimum absolute atomic E-state index is 0.0252. The molecule has 7 heteroatoms. The molecule has 1 aromatic rings. The molecule has 0 aliphatic carbocycles. The van der Waals surface area contributed by atoms with Crippen LogP contribution in [0, 0.1) is 0 Å². The highest BCUT2D eigenvalue weighted by atomic mass is 32.2.